The molecule has 1 saturated heterocycles. The van der Waals surface area contributed by atoms with E-state index in [2.05, 4.69) is 0 Å². The van der Waals surface area contributed by atoms with Crippen molar-refractivity contribution in [3.05, 3.63) is 0 Å². The van der Waals surface area contributed by atoms with Crippen LogP contribution in [0, 0.1) is 5.92 Å². The van der Waals surface area contributed by atoms with Crippen LogP contribution in [-0.4, -0.2) is 22.8 Å². The van der Waals surface area contributed by atoms with E-state index in [0.717, 1.165) is 6.42 Å². The molecule has 1 unspecified atom stereocenters. The quantitative estimate of drug-likeness (QED) is 0.654. The summed E-state index contributed by atoms with van der Waals surface area (Å²) in [7, 11) is 0. The molecule has 5 nitrogen and oxygen atoms in total. The molecule has 1 aliphatic heterocycles. The van der Waals surface area contributed by atoms with Crippen molar-refractivity contribution in [2.45, 2.75) is 39.5 Å². The van der Waals surface area contributed by atoms with E-state index in [9.17, 15) is 14.4 Å². The van der Waals surface area contributed by atoms with Gasteiger partial charge in [0.15, 0.2) is 0 Å². The average Bonchev–Trinajstić information content (AvgIpc) is 2.42. The minimum Gasteiger partial charge on any atom is -0.330 e. The molecule has 15 heavy (non-hydrogen) atoms. The van der Waals surface area contributed by atoms with Crippen molar-refractivity contribution in [1.82, 2.24) is 5.06 Å². The van der Waals surface area contributed by atoms with Crippen LogP contribution < -0.4 is 0 Å². The topological polar surface area (TPSA) is 63.7 Å². The smallest absolute Gasteiger partial charge is 0.330 e. The fourth-order valence-electron chi connectivity index (χ4n) is 1.32. The van der Waals surface area contributed by atoms with E-state index in [1.165, 1.54) is 0 Å². The molecule has 2 amide bonds. The van der Waals surface area contributed by atoms with Crippen molar-refractivity contribution >= 4 is 17.8 Å². The highest BCUT2D eigenvalue weighted by Crippen LogP contribution is 2.19. The van der Waals surface area contributed by atoms with Gasteiger partial charge in [-0.2, -0.15) is 0 Å². The second kappa shape index (κ2) is 4.91. The number of amides is 2. The summed E-state index contributed by atoms with van der Waals surface area (Å²) in [5, 5.41) is 0.600. The molecule has 0 aliphatic carbocycles. The van der Waals surface area contributed by atoms with Gasteiger partial charge in [0.2, 0.25) is 0 Å². The van der Waals surface area contributed by atoms with Gasteiger partial charge in [0.05, 0.1) is 0 Å². The zero-order chi connectivity index (χ0) is 11.4. The van der Waals surface area contributed by atoms with Gasteiger partial charge >= 0.3 is 5.97 Å². The maximum atomic E-state index is 11.4. The van der Waals surface area contributed by atoms with Gasteiger partial charge in [-0.25, -0.2) is 4.79 Å². The Labute approximate surface area is 88.3 Å². The molecule has 1 aliphatic rings. The molecule has 84 valence electrons. The molecule has 1 heterocycles. The summed E-state index contributed by atoms with van der Waals surface area (Å²) >= 11 is 0. The predicted octanol–water partition coefficient (Wildman–Crippen LogP) is 1.03. The van der Waals surface area contributed by atoms with Crippen LogP contribution in [0.4, 0.5) is 0 Å². The summed E-state index contributed by atoms with van der Waals surface area (Å²) in [4.78, 5) is 38.5. The van der Waals surface area contributed by atoms with Gasteiger partial charge in [-0.05, 0) is 6.42 Å². The Bertz CT molecular complexity index is 287. The summed E-state index contributed by atoms with van der Waals surface area (Å²) in [6, 6.07) is 0. The lowest BCUT2D eigenvalue weighted by Crippen LogP contribution is -2.33. The molecule has 0 aromatic carbocycles. The van der Waals surface area contributed by atoms with Crippen LogP contribution in [0.1, 0.15) is 39.5 Å². The summed E-state index contributed by atoms with van der Waals surface area (Å²) in [5.74, 6) is -1.76. The summed E-state index contributed by atoms with van der Waals surface area (Å²) in [5.41, 5.74) is 0. The van der Waals surface area contributed by atoms with Crippen molar-refractivity contribution in [3.8, 4) is 0 Å². The first-order valence-corrected chi connectivity index (χ1v) is 5.13. The third kappa shape index (κ3) is 2.78. The normalized spacial score (nSPS) is 20.9. The van der Waals surface area contributed by atoms with Gasteiger partial charge < -0.3 is 4.84 Å². The third-order valence-corrected chi connectivity index (χ3v) is 2.26. The van der Waals surface area contributed by atoms with Crippen LogP contribution in [0.5, 0.6) is 0 Å². The second-order valence-corrected chi connectivity index (χ2v) is 3.70. The highest BCUT2D eigenvalue weighted by atomic mass is 16.7. The lowest BCUT2D eigenvalue weighted by molar-refractivity contribution is -0.198. The minimum absolute atomic E-state index is 0.125. The Kier molecular flexibility index (Phi) is 3.82. The molecule has 0 saturated carbocycles. The third-order valence-electron chi connectivity index (χ3n) is 2.26. The molecule has 0 N–H and O–H groups in total. The minimum atomic E-state index is -0.521. The van der Waals surface area contributed by atoms with Crippen LogP contribution in [0.2, 0.25) is 0 Å². The number of hydrogen-bond acceptors (Lipinski definition) is 4. The van der Waals surface area contributed by atoms with Crippen LogP contribution >= 0.6 is 0 Å². The first kappa shape index (κ1) is 11.7. The van der Waals surface area contributed by atoms with Crippen LogP contribution in [0.3, 0.4) is 0 Å². The zero-order valence-electron chi connectivity index (χ0n) is 8.99. The number of imide groups is 1. The average molecular weight is 213 g/mol. The largest absolute Gasteiger partial charge is 0.333 e. The fraction of sp³-hybridized carbons (Fsp3) is 0.700. The standard InChI is InChI=1S/C10H15NO4/c1-3-4-5-9(13)15-11-8(12)6-7(2)10(11)14/h7H,3-6H2,1-2H3. The number of carbonyl (C=O) groups is 3. The molecule has 1 atom stereocenters. The fourth-order valence-corrected chi connectivity index (χ4v) is 1.32. The molecule has 0 aromatic rings. The first-order valence-electron chi connectivity index (χ1n) is 5.13. The molecular weight excluding hydrogens is 198 g/mol. The second-order valence-electron chi connectivity index (χ2n) is 3.70. The van der Waals surface area contributed by atoms with Crippen molar-refractivity contribution in [3.63, 3.8) is 0 Å². The number of hydrogen-bond donors (Lipinski definition) is 0. The van der Waals surface area contributed by atoms with Gasteiger partial charge in [0.1, 0.15) is 0 Å². The van der Waals surface area contributed by atoms with Crippen LogP contribution in [0.15, 0.2) is 0 Å². The predicted molar refractivity (Wildman–Crippen MR) is 51.3 cm³/mol. The number of unbranched alkanes of at least 4 members (excludes halogenated alkanes) is 1. The number of hydroxylamine groups is 2. The summed E-state index contributed by atoms with van der Waals surface area (Å²) < 4.78 is 0. The number of nitrogens with zero attached hydrogens (tertiary/aromatic N) is 1. The highest BCUT2D eigenvalue weighted by Gasteiger charge is 2.38. The highest BCUT2D eigenvalue weighted by molar-refractivity contribution is 6.02. The van der Waals surface area contributed by atoms with E-state index in [4.69, 9.17) is 4.84 Å². The molecular formula is C10H15NO4. The molecule has 1 fully saturated rings. The summed E-state index contributed by atoms with van der Waals surface area (Å²) in [6.07, 6.45) is 1.93. The van der Waals surface area contributed by atoms with Crippen molar-refractivity contribution in [2.24, 2.45) is 5.92 Å². The van der Waals surface area contributed by atoms with E-state index in [0.29, 0.717) is 11.5 Å². The molecule has 0 spiro atoms. The van der Waals surface area contributed by atoms with Gasteiger partial charge in [-0.15, -0.1) is 5.06 Å². The Morgan fingerprint density at radius 3 is 2.67 bits per heavy atom. The Morgan fingerprint density at radius 1 is 1.53 bits per heavy atom. The van der Waals surface area contributed by atoms with E-state index < -0.39 is 17.8 Å². The SMILES string of the molecule is CCCCC(=O)ON1C(=O)CC(C)C1=O. The molecule has 0 aromatic heterocycles. The lowest BCUT2D eigenvalue weighted by Gasteiger charge is -2.12. The van der Waals surface area contributed by atoms with Crippen molar-refractivity contribution in [1.29, 1.82) is 0 Å². The monoisotopic (exact) mass is 213 g/mol. The van der Waals surface area contributed by atoms with Gasteiger partial charge in [-0.3, -0.25) is 9.59 Å². The van der Waals surface area contributed by atoms with E-state index >= 15 is 0 Å². The van der Waals surface area contributed by atoms with Gasteiger partial charge in [0, 0.05) is 18.8 Å². The maximum Gasteiger partial charge on any atom is 0.333 e. The van der Waals surface area contributed by atoms with Gasteiger partial charge in [-0.1, -0.05) is 20.3 Å². The lowest BCUT2D eigenvalue weighted by atomic mass is 10.1. The number of carbonyl (C=O) groups excluding carboxylic acids is 3. The van der Waals surface area contributed by atoms with E-state index in [1.807, 2.05) is 6.92 Å². The first-order chi connectivity index (χ1) is 7.06. The molecule has 5 heteroatoms. The van der Waals surface area contributed by atoms with Gasteiger partial charge in [0.25, 0.3) is 11.8 Å². The van der Waals surface area contributed by atoms with E-state index in [1.54, 1.807) is 6.92 Å². The van der Waals surface area contributed by atoms with Crippen LogP contribution in [0.25, 0.3) is 0 Å². The number of rotatable bonds is 4. The zero-order valence-corrected chi connectivity index (χ0v) is 8.99. The molecule has 1 rings (SSSR count). The van der Waals surface area contributed by atoms with Crippen molar-refractivity contribution < 1.29 is 19.2 Å². The molecule has 0 radical (unpaired) electrons. The van der Waals surface area contributed by atoms with E-state index in [-0.39, 0.29) is 18.8 Å². The van der Waals surface area contributed by atoms with Crippen molar-refractivity contribution in [2.75, 3.05) is 0 Å². The maximum absolute atomic E-state index is 11.4. The summed E-state index contributed by atoms with van der Waals surface area (Å²) in [6.45, 7) is 3.58. The van der Waals surface area contributed by atoms with Crippen LogP contribution in [-0.2, 0) is 19.2 Å². The Hall–Kier alpha value is -1.39. The molecule has 0 bridgehead atoms. The Balaban J connectivity index is 2.47. The Morgan fingerprint density at radius 2 is 2.20 bits per heavy atom.